The Kier molecular flexibility index (Phi) is 5.59. The summed E-state index contributed by atoms with van der Waals surface area (Å²) < 4.78 is 14.0. The van der Waals surface area contributed by atoms with E-state index in [-0.39, 0.29) is 33.8 Å². The van der Waals surface area contributed by atoms with Crippen molar-refractivity contribution in [3.8, 4) is 5.75 Å². The maximum atomic E-state index is 11.7. The van der Waals surface area contributed by atoms with Crippen molar-refractivity contribution < 1.29 is 24.2 Å². The number of hydrogen-bond acceptors (Lipinski definition) is 6. The highest BCUT2D eigenvalue weighted by molar-refractivity contribution is 7.09. The van der Waals surface area contributed by atoms with Crippen molar-refractivity contribution in [2.24, 2.45) is 0 Å². The Bertz CT molecular complexity index is 686. The van der Waals surface area contributed by atoms with Gasteiger partial charge in [0.15, 0.2) is 10.0 Å². The van der Waals surface area contributed by atoms with Crippen molar-refractivity contribution in [3.05, 3.63) is 44.9 Å². The van der Waals surface area contributed by atoms with Crippen LogP contribution in [0.15, 0.2) is 24.3 Å². The van der Waals surface area contributed by atoms with E-state index in [1.165, 1.54) is 24.3 Å². The lowest BCUT2D eigenvalue weighted by Gasteiger charge is -2.07. The van der Waals surface area contributed by atoms with Gasteiger partial charge in [-0.05, 0) is 35.8 Å². The molecule has 0 amide bonds. The maximum absolute atomic E-state index is 11.7. The third kappa shape index (κ3) is 4.09. The lowest BCUT2D eigenvalue weighted by Crippen LogP contribution is -2.11. The molecule has 22 heavy (non-hydrogen) atoms. The van der Waals surface area contributed by atoms with Crippen LogP contribution in [0.25, 0.3) is 0 Å². The number of ether oxygens (including phenoxy) is 2. The molecule has 1 heterocycles. The van der Waals surface area contributed by atoms with Crippen LogP contribution >= 0.6 is 34.7 Å². The zero-order valence-electron chi connectivity index (χ0n) is 10.9. The second-order valence-corrected chi connectivity index (χ2v) is 5.44. The van der Waals surface area contributed by atoms with Crippen LogP contribution in [0, 0.1) is 0 Å². The van der Waals surface area contributed by atoms with E-state index in [0.717, 1.165) is 11.5 Å². The number of carbonyl (C=O) groups is 2. The molecule has 2 aromatic rings. The van der Waals surface area contributed by atoms with E-state index in [9.17, 15) is 9.59 Å². The fourth-order valence-electron chi connectivity index (χ4n) is 1.44. The molecule has 2 rings (SSSR count). The van der Waals surface area contributed by atoms with Gasteiger partial charge in [0.1, 0.15) is 24.0 Å². The van der Waals surface area contributed by atoms with Gasteiger partial charge in [0.25, 0.3) is 0 Å². The Hall–Kier alpha value is -1.83. The van der Waals surface area contributed by atoms with Crippen LogP contribution in [0.3, 0.4) is 0 Å². The predicted molar refractivity (Wildman–Crippen MR) is 81.3 cm³/mol. The zero-order valence-corrected chi connectivity index (χ0v) is 13.2. The summed E-state index contributed by atoms with van der Waals surface area (Å²) in [7, 11) is 0. The Balaban J connectivity index is 1.78. The van der Waals surface area contributed by atoms with Gasteiger partial charge in [0.05, 0.1) is 5.56 Å². The minimum Gasteiger partial charge on any atom is -0.490 e. The van der Waals surface area contributed by atoms with E-state index in [1.807, 2.05) is 0 Å². The highest BCUT2D eigenvalue weighted by atomic mass is 35.5. The molecule has 0 aliphatic carbocycles. The lowest BCUT2D eigenvalue weighted by atomic mass is 10.2. The minimum atomic E-state index is -1.01. The molecule has 116 valence electrons. The third-order valence-corrected chi connectivity index (χ3v) is 4.25. The second kappa shape index (κ2) is 7.44. The Morgan fingerprint density at radius 2 is 1.86 bits per heavy atom. The van der Waals surface area contributed by atoms with E-state index >= 15 is 0 Å². The zero-order chi connectivity index (χ0) is 16.1. The summed E-state index contributed by atoms with van der Waals surface area (Å²) in [5, 5.41) is 8.90. The molecule has 0 saturated carbocycles. The first-order chi connectivity index (χ1) is 10.5. The molecule has 1 aromatic heterocycles. The van der Waals surface area contributed by atoms with Gasteiger partial charge in [0.2, 0.25) is 0 Å². The SMILES string of the molecule is O=C(O)c1ccc(OCCOC(=O)c2snc(Cl)c2Cl)cc1. The highest BCUT2D eigenvalue weighted by Crippen LogP contribution is 2.28. The number of aromatic carboxylic acids is 1. The molecule has 0 atom stereocenters. The van der Waals surface area contributed by atoms with Crippen molar-refractivity contribution in [3.63, 3.8) is 0 Å². The van der Waals surface area contributed by atoms with Crippen molar-refractivity contribution >= 4 is 46.7 Å². The minimum absolute atomic E-state index is 0.00532. The summed E-state index contributed by atoms with van der Waals surface area (Å²) in [6.07, 6.45) is 0. The van der Waals surface area contributed by atoms with E-state index in [0.29, 0.717) is 5.75 Å². The highest BCUT2D eigenvalue weighted by Gasteiger charge is 2.18. The summed E-state index contributed by atoms with van der Waals surface area (Å²) in [6.45, 7) is 0.119. The molecule has 1 N–H and O–H groups in total. The molecule has 1 aromatic carbocycles. The van der Waals surface area contributed by atoms with Crippen LogP contribution in [0.5, 0.6) is 5.75 Å². The summed E-state index contributed by atoms with van der Waals surface area (Å²) in [4.78, 5) is 22.5. The smallest absolute Gasteiger partial charge is 0.351 e. The molecule has 0 spiro atoms. The van der Waals surface area contributed by atoms with Crippen molar-refractivity contribution in [2.45, 2.75) is 0 Å². The summed E-state index contributed by atoms with van der Waals surface area (Å²) in [5.74, 6) is -1.17. The molecular weight excluding hydrogens is 353 g/mol. The second-order valence-electron chi connectivity index (χ2n) is 3.93. The van der Waals surface area contributed by atoms with E-state index in [2.05, 4.69) is 4.37 Å². The van der Waals surface area contributed by atoms with Crippen LogP contribution in [0.4, 0.5) is 0 Å². The molecule has 0 aliphatic heterocycles. The topological polar surface area (TPSA) is 85.7 Å². The number of rotatable bonds is 6. The fourth-order valence-corrected chi connectivity index (χ4v) is 2.54. The lowest BCUT2D eigenvalue weighted by molar-refractivity contribution is 0.0455. The van der Waals surface area contributed by atoms with Crippen molar-refractivity contribution in [1.29, 1.82) is 0 Å². The van der Waals surface area contributed by atoms with Crippen molar-refractivity contribution in [1.82, 2.24) is 4.37 Å². The van der Waals surface area contributed by atoms with Crippen LogP contribution in [-0.2, 0) is 4.74 Å². The average molecular weight is 362 g/mol. The van der Waals surface area contributed by atoms with Crippen LogP contribution in [0.1, 0.15) is 20.0 Å². The van der Waals surface area contributed by atoms with Gasteiger partial charge in [-0.3, -0.25) is 0 Å². The number of aromatic nitrogens is 1. The fraction of sp³-hybridized carbons (Fsp3) is 0.154. The average Bonchev–Trinajstić information content (AvgIpc) is 2.84. The van der Waals surface area contributed by atoms with E-state index in [1.54, 1.807) is 0 Å². The van der Waals surface area contributed by atoms with Gasteiger partial charge in [-0.1, -0.05) is 23.2 Å². The van der Waals surface area contributed by atoms with Crippen LogP contribution in [0.2, 0.25) is 10.2 Å². The molecular formula is C13H9Cl2NO5S. The predicted octanol–water partition coefficient (Wildman–Crippen LogP) is 3.38. The van der Waals surface area contributed by atoms with Gasteiger partial charge in [-0.25, -0.2) is 9.59 Å². The molecule has 0 saturated heterocycles. The number of halogens is 2. The van der Waals surface area contributed by atoms with Crippen LogP contribution < -0.4 is 4.74 Å². The molecule has 0 aliphatic rings. The number of hydrogen-bond donors (Lipinski definition) is 1. The first-order valence-electron chi connectivity index (χ1n) is 5.93. The van der Waals surface area contributed by atoms with Crippen molar-refractivity contribution in [2.75, 3.05) is 13.2 Å². The largest absolute Gasteiger partial charge is 0.490 e. The monoisotopic (exact) mass is 361 g/mol. The number of nitrogens with zero attached hydrogens (tertiary/aromatic N) is 1. The first kappa shape index (κ1) is 16.5. The maximum Gasteiger partial charge on any atom is 0.351 e. The molecule has 0 fully saturated rings. The molecule has 0 bridgehead atoms. The molecule has 0 radical (unpaired) electrons. The summed E-state index contributed by atoms with van der Waals surface area (Å²) in [6, 6.07) is 5.88. The van der Waals surface area contributed by atoms with E-state index in [4.69, 9.17) is 37.8 Å². The third-order valence-electron chi connectivity index (χ3n) is 2.47. The Morgan fingerprint density at radius 1 is 1.18 bits per heavy atom. The molecule has 0 unspecified atom stereocenters. The number of carbonyl (C=O) groups excluding carboxylic acids is 1. The number of carboxylic acid groups (broad SMARTS) is 1. The number of esters is 1. The first-order valence-corrected chi connectivity index (χ1v) is 7.46. The molecule has 9 heteroatoms. The van der Waals surface area contributed by atoms with E-state index < -0.39 is 11.9 Å². The van der Waals surface area contributed by atoms with Gasteiger partial charge < -0.3 is 14.6 Å². The Labute approximate surface area is 139 Å². The van der Waals surface area contributed by atoms with Gasteiger partial charge in [-0.2, -0.15) is 4.37 Å². The summed E-state index contributed by atoms with van der Waals surface area (Å²) >= 11 is 12.3. The quantitative estimate of drug-likeness (QED) is 0.626. The molecule has 6 nitrogen and oxygen atoms in total. The van der Waals surface area contributed by atoms with Crippen LogP contribution in [-0.4, -0.2) is 34.6 Å². The Morgan fingerprint density at radius 3 is 2.41 bits per heavy atom. The summed E-state index contributed by atoms with van der Waals surface area (Å²) in [5.41, 5.74) is 0.162. The van der Waals surface area contributed by atoms with Gasteiger partial charge in [-0.15, -0.1) is 0 Å². The normalized spacial score (nSPS) is 10.3. The standard InChI is InChI=1S/C13H9Cl2NO5S/c14-9-10(22-16-11(9)15)13(19)21-6-5-20-8-3-1-7(2-4-8)12(17)18/h1-4H,5-6H2,(H,17,18). The number of carboxylic acids is 1. The number of benzene rings is 1. The van der Waals surface area contributed by atoms with Gasteiger partial charge in [0, 0.05) is 0 Å². The van der Waals surface area contributed by atoms with Gasteiger partial charge >= 0.3 is 11.9 Å².